The second-order valence-electron chi connectivity index (χ2n) is 4.94. The van der Waals surface area contributed by atoms with Crippen LogP contribution in [0.1, 0.15) is 6.92 Å². The molecule has 0 aliphatic heterocycles. The van der Waals surface area contributed by atoms with E-state index in [-0.39, 0.29) is 0 Å². The van der Waals surface area contributed by atoms with E-state index in [1.807, 2.05) is 65.2 Å². The van der Waals surface area contributed by atoms with Crippen LogP contribution in [0.25, 0.3) is 17.1 Å². The third-order valence-electron chi connectivity index (χ3n) is 3.31. The summed E-state index contributed by atoms with van der Waals surface area (Å²) in [5, 5.41) is 17.6. The minimum atomic E-state index is -0.876. The summed E-state index contributed by atoms with van der Waals surface area (Å²) in [4.78, 5) is 11.1. The zero-order chi connectivity index (χ0) is 16.2. The lowest BCUT2D eigenvalue weighted by molar-refractivity contribution is -0.136. The minimum absolute atomic E-state index is 0.560. The molecule has 1 heterocycles. The van der Waals surface area contributed by atoms with Crippen LogP contribution in [0.3, 0.4) is 0 Å². The van der Waals surface area contributed by atoms with Crippen molar-refractivity contribution in [1.82, 2.24) is 14.8 Å². The molecule has 0 bridgehead atoms. The number of rotatable bonds is 5. The number of aromatic nitrogens is 3. The van der Waals surface area contributed by atoms with Gasteiger partial charge in [0.2, 0.25) is 0 Å². The van der Waals surface area contributed by atoms with Crippen LogP contribution in [-0.4, -0.2) is 31.1 Å². The highest BCUT2D eigenvalue weighted by Gasteiger charge is 2.21. The number of nitrogens with zero attached hydrogens (tertiary/aromatic N) is 3. The van der Waals surface area contributed by atoms with Gasteiger partial charge in [-0.3, -0.25) is 9.36 Å². The van der Waals surface area contributed by atoms with E-state index in [0.717, 1.165) is 11.3 Å². The van der Waals surface area contributed by atoms with E-state index in [0.29, 0.717) is 11.0 Å². The van der Waals surface area contributed by atoms with Crippen molar-refractivity contribution in [3.8, 4) is 17.1 Å². The lowest BCUT2D eigenvalue weighted by atomic mass is 10.2. The van der Waals surface area contributed by atoms with Crippen molar-refractivity contribution in [3.05, 3.63) is 60.7 Å². The summed E-state index contributed by atoms with van der Waals surface area (Å²) >= 11 is 1.18. The second kappa shape index (κ2) is 6.66. The fourth-order valence-electron chi connectivity index (χ4n) is 2.14. The van der Waals surface area contributed by atoms with Crippen LogP contribution < -0.4 is 0 Å². The number of hydrogen-bond acceptors (Lipinski definition) is 4. The molecule has 3 aromatic rings. The van der Waals surface area contributed by atoms with E-state index in [1.54, 1.807) is 6.92 Å². The number of aliphatic carboxylic acids is 1. The number of hydrogen-bond donors (Lipinski definition) is 1. The quantitative estimate of drug-likeness (QED) is 0.727. The first-order valence-electron chi connectivity index (χ1n) is 7.12. The Morgan fingerprint density at radius 2 is 1.65 bits per heavy atom. The topological polar surface area (TPSA) is 68.0 Å². The molecular weight excluding hydrogens is 310 g/mol. The summed E-state index contributed by atoms with van der Waals surface area (Å²) in [5.41, 5.74) is 1.83. The van der Waals surface area contributed by atoms with Crippen LogP contribution >= 0.6 is 11.8 Å². The van der Waals surface area contributed by atoms with Gasteiger partial charge in [-0.15, -0.1) is 10.2 Å². The maximum absolute atomic E-state index is 11.1. The van der Waals surface area contributed by atoms with Gasteiger partial charge in [0.1, 0.15) is 5.25 Å². The Morgan fingerprint density at radius 1 is 1.04 bits per heavy atom. The highest BCUT2D eigenvalue weighted by Crippen LogP contribution is 2.29. The summed E-state index contributed by atoms with van der Waals surface area (Å²) in [6.07, 6.45) is 0. The molecule has 1 N–H and O–H groups in total. The minimum Gasteiger partial charge on any atom is -0.480 e. The molecule has 0 fully saturated rings. The Hall–Kier alpha value is -2.60. The number of thioether (sulfide) groups is 1. The number of carbonyl (C=O) groups is 1. The number of carboxylic acid groups (broad SMARTS) is 1. The lowest BCUT2D eigenvalue weighted by Crippen LogP contribution is -2.12. The molecule has 0 saturated heterocycles. The van der Waals surface area contributed by atoms with Gasteiger partial charge in [-0.2, -0.15) is 0 Å². The van der Waals surface area contributed by atoms with Crippen LogP contribution in [0.2, 0.25) is 0 Å². The van der Waals surface area contributed by atoms with Gasteiger partial charge in [0.25, 0.3) is 0 Å². The highest BCUT2D eigenvalue weighted by atomic mass is 32.2. The zero-order valence-corrected chi connectivity index (χ0v) is 13.3. The Balaban J connectivity index is 2.11. The molecule has 6 heteroatoms. The standard InChI is InChI=1S/C17H15N3O2S/c1-12(16(21)22)23-17-19-18-15(13-8-4-2-5-9-13)20(17)14-10-6-3-7-11-14/h2-12H,1H3,(H,21,22)/t12-/m0/s1. The fraction of sp³-hybridized carbons (Fsp3) is 0.118. The van der Waals surface area contributed by atoms with Gasteiger partial charge in [0.05, 0.1) is 0 Å². The average molecular weight is 325 g/mol. The van der Waals surface area contributed by atoms with Crippen molar-refractivity contribution < 1.29 is 9.90 Å². The molecular formula is C17H15N3O2S. The van der Waals surface area contributed by atoms with E-state index >= 15 is 0 Å². The lowest BCUT2D eigenvalue weighted by Gasteiger charge is -2.11. The molecule has 0 amide bonds. The molecule has 0 aliphatic carbocycles. The molecule has 23 heavy (non-hydrogen) atoms. The average Bonchev–Trinajstić information content (AvgIpc) is 3.00. The first-order chi connectivity index (χ1) is 11.2. The van der Waals surface area contributed by atoms with Crippen LogP contribution in [-0.2, 0) is 4.79 Å². The Labute approximate surface area is 138 Å². The summed E-state index contributed by atoms with van der Waals surface area (Å²) in [5.74, 6) is -0.184. The summed E-state index contributed by atoms with van der Waals surface area (Å²) in [6.45, 7) is 1.64. The van der Waals surface area contributed by atoms with E-state index in [2.05, 4.69) is 10.2 Å². The molecule has 0 saturated carbocycles. The summed E-state index contributed by atoms with van der Waals surface area (Å²) < 4.78 is 1.89. The van der Waals surface area contributed by atoms with E-state index < -0.39 is 11.2 Å². The zero-order valence-electron chi connectivity index (χ0n) is 12.5. The SMILES string of the molecule is C[C@H](Sc1nnc(-c2ccccc2)n1-c1ccccc1)C(=O)O. The van der Waals surface area contributed by atoms with Gasteiger partial charge in [-0.05, 0) is 19.1 Å². The van der Waals surface area contributed by atoms with Crippen LogP contribution in [0, 0.1) is 0 Å². The van der Waals surface area contributed by atoms with Gasteiger partial charge in [0.15, 0.2) is 11.0 Å². The first kappa shape index (κ1) is 15.3. The van der Waals surface area contributed by atoms with E-state index in [9.17, 15) is 4.79 Å². The van der Waals surface area contributed by atoms with Crippen molar-refractivity contribution in [1.29, 1.82) is 0 Å². The third kappa shape index (κ3) is 3.27. The first-order valence-corrected chi connectivity index (χ1v) is 8.00. The molecule has 0 aliphatic rings. The predicted molar refractivity (Wildman–Crippen MR) is 89.7 cm³/mol. The Morgan fingerprint density at radius 3 is 2.26 bits per heavy atom. The second-order valence-corrected chi connectivity index (χ2v) is 6.25. The monoisotopic (exact) mass is 325 g/mol. The Bertz CT molecular complexity index is 803. The normalized spacial score (nSPS) is 12.0. The van der Waals surface area contributed by atoms with Gasteiger partial charge in [0, 0.05) is 11.3 Å². The maximum Gasteiger partial charge on any atom is 0.316 e. The molecule has 5 nitrogen and oxygen atoms in total. The smallest absolute Gasteiger partial charge is 0.316 e. The number of benzene rings is 2. The molecule has 1 aromatic heterocycles. The van der Waals surface area contributed by atoms with Crippen LogP contribution in [0.15, 0.2) is 65.8 Å². The summed E-state index contributed by atoms with van der Waals surface area (Å²) in [7, 11) is 0. The molecule has 0 radical (unpaired) electrons. The highest BCUT2D eigenvalue weighted by molar-refractivity contribution is 8.00. The summed E-state index contributed by atoms with van der Waals surface area (Å²) in [6, 6.07) is 19.4. The predicted octanol–water partition coefficient (Wildman–Crippen LogP) is 3.50. The van der Waals surface area contributed by atoms with Crippen molar-refractivity contribution >= 4 is 17.7 Å². The van der Waals surface area contributed by atoms with Crippen molar-refractivity contribution in [3.63, 3.8) is 0 Å². The molecule has 2 aromatic carbocycles. The number of para-hydroxylation sites is 1. The van der Waals surface area contributed by atoms with Crippen LogP contribution in [0.5, 0.6) is 0 Å². The van der Waals surface area contributed by atoms with Crippen LogP contribution in [0.4, 0.5) is 0 Å². The molecule has 1 atom stereocenters. The van der Waals surface area contributed by atoms with Gasteiger partial charge >= 0.3 is 5.97 Å². The van der Waals surface area contributed by atoms with Crippen molar-refractivity contribution in [2.24, 2.45) is 0 Å². The van der Waals surface area contributed by atoms with Crippen molar-refractivity contribution in [2.75, 3.05) is 0 Å². The molecule has 3 rings (SSSR count). The number of carboxylic acids is 1. The largest absolute Gasteiger partial charge is 0.480 e. The van der Waals surface area contributed by atoms with E-state index in [1.165, 1.54) is 11.8 Å². The van der Waals surface area contributed by atoms with Gasteiger partial charge in [-0.25, -0.2) is 0 Å². The Kier molecular flexibility index (Phi) is 4.43. The fourth-order valence-corrected chi connectivity index (χ4v) is 2.94. The third-order valence-corrected chi connectivity index (χ3v) is 4.34. The molecule has 116 valence electrons. The van der Waals surface area contributed by atoms with E-state index in [4.69, 9.17) is 5.11 Å². The molecule has 0 unspecified atom stereocenters. The van der Waals surface area contributed by atoms with Crippen molar-refractivity contribution in [2.45, 2.75) is 17.3 Å². The van der Waals surface area contributed by atoms with Gasteiger partial charge in [-0.1, -0.05) is 60.3 Å². The van der Waals surface area contributed by atoms with Gasteiger partial charge < -0.3 is 5.11 Å². The maximum atomic E-state index is 11.1. The molecule has 0 spiro atoms.